The highest BCUT2D eigenvalue weighted by Crippen LogP contribution is 2.15. The summed E-state index contributed by atoms with van der Waals surface area (Å²) >= 11 is 0. The molecule has 7 heteroatoms. The predicted octanol–water partition coefficient (Wildman–Crippen LogP) is 1.59. The molecule has 2 atom stereocenters. The molecule has 0 aromatic heterocycles. The lowest BCUT2D eigenvalue weighted by Crippen LogP contribution is -2.47. The van der Waals surface area contributed by atoms with Crippen molar-refractivity contribution in [3.05, 3.63) is 29.8 Å². The number of anilines is 1. The van der Waals surface area contributed by atoms with Crippen LogP contribution in [-0.4, -0.2) is 44.7 Å². The number of carbonyl (C=O) groups is 3. The highest BCUT2D eigenvalue weighted by molar-refractivity contribution is 5.97. The van der Waals surface area contributed by atoms with Crippen LogP contribution in [0.2, 0.25) is 0 Å². The third-order valence-electron chi connectivity index (χ3n) is 3.74. The van der Waals surface area contributed by atoms with E-state index in [0.717, 1.165) is 0 Å². The fraction of sp³-hybridized carbons (Fsp3) is 0.471. The maximum atomic E-state index is 12.1. The highest BCUT2D eigenvalue weighted by atomic mass is 16.5. The molecule has 0 unspecified atom stereocenters. The molecular weight excluding hydrogens is 312 g/mol. The van der Waals surface area contributed by atoms with E-state index >= 15 is 0 Å². The van der Waals surface area contributed by atoms with Crippen molar-refractivity contribution >= 4 is 23.5 Å². The Balaban J connectivity index is 2.64. The molecule has 0 saturated heterocycles. The Kier molecular flexibility index (Phi) is 7.74. The van der Waals surface area contributed by atoms with Crippen LogP contribution in [0.1, 0.15) is 30.6 Å². The van der Waals surface area contributed by atoms with Crippen LogP contribution in [-0.2, 0) is 19.1 Å². The molecule has 1 aromatic carbocycles. The van der Waals surface area contributed by atoms with Crippen molar-refractivity contribution in [2.45, 2.75) is 26.3 Å². The Labute approximate surface area is 141 Å². The van der Waals surface area contributed by atoms with E-state index in [0.29, 0.717) is 17.7 Å². The second-order valence-electron chi connectivity index (χ2n) is 5.33. The van der Waals surface area contributed by atoms with Crippen LogP contribution in [0.3, 0.4) is 0 Å². The van der Waals surface area contributed by atoms with Crippen LogP contribution in [0.15, 0.2) is 24.3 Å². The van der Waals surface area contributed by atoms with Crippen LogP contribution in [0.25, 0.3) is 0 Å². The lowest BCUT2D eigenvalue weighted by atomic mass is 9.99. The molecule has 0 radical (unpaired) electrons. The van der Waals surface area contributed by atoms with Gasteiger partial charge in [0.1, 0.15) is 6.04 Å². The third kappa shape index (κ3) is 5.26. The first-order valence-corrected chi connectivity index (χ1v) is 7.75. The zero-order valence-electron chi connectivity index (χ0n) is 14.4. The normalized spacial score (nSPS) is 12.7. The van der Waals surface area contributed by atoms with Crippen LogP contribution in [0.5, 0.6) is 0 Å². The van der Waals surface area contributed by atoms with Gasteiger partial charge in [-0.05, 0) is 18.1 Å². The van der Waals surface area contributed by atoms with E-state index in [9.17, 15) is 14.4 Å². The van der Waals surface area contributed by atoms with E-state index in [4.69, 9.17) is 9.47 Å². The Morgan fingerprint density at radius 1 is 1.21 bits per heavy atom. The van der Waals surface area contributed by atoms with E-state index in [-0.39, 0.29) is 5.92 Å². The number of amides is 1. The molecule has 0 fully saturated rings. The number of esters is 2. The van der Waals surface area contributed by atoms with Crippen LogP contribution < -0.4 is 10.6 Å². The fourth-order valence-corrected chi connectivity index (χ4v) is 2.10. The number of carbonyl (C=O) groups excluding carboxylic acids is 3. The van der Waals surface area contributed by atoms with Gasteiger partial charge in [-0.25, -0.2) is 9.59 Å². The van der Waals surface area contributed by atoms with E-state index < -0.39 is 30.5 Å². The molecule has 2 N–H and O–H groups in total. The van der Waals surface area contributed by atoms with E-state index in [1.807, 2.05) is 13.8 Å². The van der Waals surface area contributed by atoms with Crippen molar-refractivity contribution < 1.29 is 23.9 Å². The second-order valence-corrected chi connectivity index (χ2v) is 5.33. The largest absolute Gasteiger partial charge is 0.467 e. The summed E-state index contributed by atoms with van der Waals surface area (Å²) in [6.07, 6.45) is 0.690. The summed E-state index contributed by atoms with van der Waals surface area (Å²) in [5.41, 5.74) is 0.939. The fourth-order valence-electron chi connectivity index (χ4n) is 2.10. The number of methoxy groups -OCH3 is 1. The maximum absolute atomic E-state index is 12.1. The first-order valence-electron chi connectivity index (χ1n) is 7.75. The quantitative estimate of drug-likeness (QED) is 0.700. The van der Waals surface area contributed by atoms with E-state index in [1.54, 1.807) is 31.3 Å². The maximum Gasteiger partial charge on any atom is 0.340 e. The van der Waals surface area contributed by atoms with Gasteiger partial charge in [0.25, 0.3) is 5.91 Å². The minimum atomic E-state index is -0.768. The van der Waals surface area contributed by atoms with Crippen LogP contribution in [0, 0.1) is 5.92 Å². The zero-order valence-corrected chi connectivity index (χ0v) is 14.4. The molecule has 0 spiro atoms. The van der Waals surface area contributed by atoms with Crippen molar-refractivity contribution in [3.8, 4) is 0 Å². The van der Waals surface area contributed by atoms with Crippen LogP contribution in [0.4, 0.5) is 5.69 Å². The minimum Gasteiger partial charge on any atom is -0.467 e. The number of nitrogens with one attached hydrogen (secondary N) is 2. The number of hydrogen-bond acceptors (Lipinski definition) is 6. The third-order valence-corrected chi connectivity index (χ3v) is 3.74. The number of hydrogen-bond donors (Lipinski definition) is 2. The molecule has 0 bridgehead atoms. The summed E-state index contributed by atoms with van der Waals surface area (Å²) in [5.74, 6) is -1.79. The summed E-state index contributed by atoms with van der Waals surface area (Å²) < 4.78 is 9.71. The van der Waals surface area contributed by atoms with E-state index in [2.05, 4.69) is 10.6 Å². The summed E-state index contributed by atoms with van der Waals surface area (Å²) in [6, 6.07) is 6.04. The van der Waals surface area contributed by atoms with Crippen LogP contribution >= 0.6 is 0 Å². The lowest BCUT2D eigenvalue weighted by Gasteiger charge is -2.21. The summed E-state index contributed by atoms with van der Waals surface area (Å²) in [4.78, 5) is 35.8. The second kappa shape index (κ2) is 9.54. The van der Waals surface area contributed by atoms with Gasteiger partial charge in [0.05, 0.1) is 12.7 Å². The monoisotopic (exact) mass is 336 g/mol. The van der Waals surface area contributed by atoms with Crippen molar-refractivity contribution in [2.75, 3.05) is 26.1 Å². The smallest absolute Gasteiger partial charge is 0.340 e. The summed E-state index contributed by atoms with van der Waals surface area (Å²) in [5, 5.41) is 5.43. The Morgan fingerprint density at radius 2 is 1.88 bits per heavy atom. The first-order chi connectivity index (χ1) is 11.4. The lowest BCUT2D eigenvalue weighted by molar-refractivity contribution is -0.147. The average Bonchev–Trinajstić information content (AvgIpc) is 2.62. The Bertz CT molecular complexity index is 588. The molecule has 1 amide bonds. The number of rotatable bonds is 8. The first kappa shape index (κ1) is 19.5. The Hall–Kier alpha value is -2.57. The van der Waals surface area contributed by atoms with Gasteiger partial charge in [-0.1, -0.05) is 32.4 Å². The van der Waals surface area contributed by atoms with Gasteiger partial charge in [-0.2, -0.15) is 0 Å². The highest BCUT2D eigenvalue weighted by Gasteiger charge is 2.27. The van der Waals surface area contributed by atoms with Crippen molar-refractivity contribution in [1.82, 2.24) is 5.32 Å². The molecule has 0 saturated carbocycles. The standard InChI is InChI=1S/C17H24N2O5/c1-5-11(2)15(17(22)23-4)19-14(20)10-24-16(21)12-8-6-7-9-13(12)18-3/h6-9,11,15,18H,5,10H2,1-4H3,(H,19,20)/t11-,15+/m0/s1. The molecule has 1 aromatic rings. The van der Waals surface area contributed by atoms with Gasteiger partial charge in [0.15, 0.2) is 6.61 Å². The van der Waals surface area contributed by atoms with Gasteiger partial charge in [-0.15, -0.1) is 0 Å². The van der Waals surface area contributed by atoms with Gasteiger partial charge in [-0.3, -0.25) is 4.79 Å². The van der Waals surface area contributed by atoms with Crippen molar-refractivity contribution in [2.24, 2.45) is 5.92 Å². The van der Waals surface area contributed by atoms with Gasteiger partial charge in [0.2, 0.25) is 0 Å². The molecular formula is C17H24N2O5. The molecule has 0 aliphatic heterocycles. The summed E-state index contributed by atoms with van der Waals surface area (Å²) in [6.45, 7) is 3.26. The Morgan fingerprint density at radius 3 is 2.46 bits per heavy atom. The van der Waals surface area contributed by atoms with Crippen molar-refractivity contribution in [3.63, 3.8) is 0 Å². The topological polar surface area (TPSA) is 93.7 Å². The molecule has 24 heavy (non-hydrogen) atoms. The number of ether oxygens (including phenoxy) is 2. The minimum absolute atomic E-state index is 0.0953. The average molecular weight is 336 g/mol. The molecule has 7 nitrogen and oxygen atoms in total. The summed E-state index contributed by atoms with van der Waals surface area (Å²) in [7, 11) is 2.95. The zero-order chi connectivity index (χ0) is 18.1. The SMILES string of the molecule is CC[C@H](C)[C@@H](NC(=O)COC(=O)c1ccccc1NC)C(=O)OC. The van der Waals surface area contributed by atoms with Crippen molar-refractivity contribution in [1.29, 1.82) is 0 Å². The molecule has 132 valence electrons. The van der Waals surface area contributed by atoms with Gasteiger partial charge in [0, 0.05) is 12.7 Å². The number of benzene rings is 1. The van der Waals surface area contributed by atoms with E-state index in [1.165, 1.54) is 7.11 Å². The number of para-hydroxylation sites is 1. The molecule has 0 aliphatic carbocycles. The molecule has 0 aliphatic rings. The van der Waals surface area contributed by atoms with Gasteiger partial charge >= 0.3 is 11.9 Å². The molecule has 1 rings (SSSR count). The predicted molar refractivity (Wildman–Crippen MR) is 89.7 cm³/mol. The van der Waals surface area contributed by atoms with Gasteiger partial charge < -0.3 is 20.1 Å². The molecule has 0 heterocycles.